The molecule has 2 aromatic rings. The average Bonchev–Trinajstić information content (AvgIpc) is 2.65. The van der Waals surface area contributed by atoms with E-state index in [1.807, 2.05) is 42.5 Å². The Hall–Kier alpha value is -1.99. The van der Waals surface area contributed by atoms with Crippen molar-refractivity contribution in [2.24, 2.45) is 0 Å². The summed E-state index contributed by atoms with van der Waals surface area (Å²) in [5.41, 5.74) is 2.21. The van der Waals surface area contributed by atoms with Gasteiger partial charge in [-0.05, 0) is 24.3 Å². The Labute approximate surface area is 172 Å². The molecule has 0 unspecified atom stereocenters. The van der Waals surface area contributed by atoms with Gasteiger partial charge < -0.3 is 25.4 Å². The summed E-state index contributed by atoms with van der Waals surface area (Å²) < 4.78 is 10.2. The summed E-state index contributed by atoms with van der Waals surface area (Å²) in [5, 5.41) is 9.38. The highest BCUT2D eigenvalue weighted by atomic mass is 35.5. The van der Waals surface area contributed by atoms with Crippen molar-refractivity contribution in [3.63, 3.8) is 0 Å². The number of hydrogen-bond acceptors (Lipinski definition) is 5. The van der Waals surface area contributed by atoms with Crippen LogP contribution in [0.2, 0.25) is 0 Å². The molecule has 0 aromatic heterocycles. The highest BCUT2D eigenvalue weighted by molar-refractivity contribution is 6.00. The third-order valence-corrected chi connectivity index (χ3v) is 3.59. The highest BCUT2D eigenvalue weighted by Gasteiger charge is 2.10. The number of anilines is 2. The van der Waals surface area contributed by atoms with Crippen LogP contribution in [-0.4, -0.2) is 46.4 Å². The normalized spacial score (nSPS) is 9.56. The van der Waals surface area contributed by atoms with Gasteiger partial charge in [-0.15, -0.1) is 24.8 Å². The van der Waals surface area contributed by atoms with Gasteiger partial charge in [-0.2, -0.15) is 0 Å². The van der Waals surface area contributed by atoms with Crippen molar-refractivity contribution in [1.29, 1.82) is 0 Å². The first kappa shape index (κ1) is 25.0. The predicted octanol–water partition coefficient (Wildman–Crippen LogP) is 3.25. The summed E-state index contributed by atoms with van der Waals surface area (Å²) in [7, 11) is 3.29. The van der Waals surface area contributed by atoms with Gasteiger partial charge in [0.1, 0.15) is 5.75 Å². The van der Waals surface area contributed by atoms with Gasteiger partial charge in [0.25, 0.3) is 5.91 Å². The Morgan fingerprint density at radius 3 is 2.48 bits per heavy atom. The molecule has 0 aliphatic rings. The number of rotatable bonds is 10. The molecule has 1 amide bonds. The first-order valence-electron chi connectivity index (χ1n) is 8.22. The van der Waals surface area contributed by atoms with Crippen LogP contribution in [0.25, 0.3) is 0 Å². The molecule has 0 fully saturated rings. The largest absolute Gasteiger partial charge is 0.497 e. The second-order valence-electron chi connectivity index (χ2n) is 5.40. The first-order valence-corrected chi connectivity index (χ1v) is 8.22. The number of methoxy groups -OCH3 is 2. The summed E-state index contributed by atoms with van der Waals surface area (Å²) in [6, 6.07) is 15.0. The fraction of sp³-hybridized carbons (Fsp3) is 0.316. The van der Waals surface area contributed by atoms with Crippen molar-refractivity contribution < 1.29 is 14.3 Å². The zero-order chi connectivity index (χ0) is 17.9. The third-order valence-electron chi connectivity index (χ3n) is 3.59. The van der Waals surface area contributed by atoms with Crippen LogP contribution in [0.4, 0.5) is 11.4 Å². The molecule has 0 spiro atoms. The maximum absolute atomic E-state index is 12.4. The number of ether oxygens (including phenoxy) is 2. The van der Waals surface area contributed by atoms with Gasteiger partial charge in [0.2, 0.25) is 0 Å². The molecule has 0 heterocycles. The fourth-order valence-corrected chi connectivity index (χ4v) is 2.31. The number of nitrogens with one attached hydrogen (secondary N) is 3. The van der Waals surface area contributed by atoms with Crippen LogP contribution in [0, 0.1) is 0 Å². The van der Waals surface area contributed by atoms with Crippen molar-refractivity contribution in [3.8, 4) is 5.75 Å². The van der Waals surface area contributed by atoms with E-state index in [9.17, 15) is 4.79 Å². The van der Waals surface area contributed by atoms with Crippen molar-refractivity contribution in [1.82, 2.24) is 10.6 Å². The Morgan fingerprint density at radius 1 is 0.963 bits per heavy atom. The van der Waals surface area contributed by atoms with Gasteiger partial charge in [-0.1, -0.05) is 18.2 Å². The lowest BCUT2D eigenvalue weighted by atomic mass is 10.1. The number of benzene rings is 2. The van der Waals surface area contributed by atoms with E-state index in [1.165, 1.54) is 0 Å². The molecule has 27 heavy (non-hydrogen) atoms. The number of amides is 1. The molecule has 6 nitrogen and oxygen atoms in total. The average molecular weight is 416 g/mol. The zero-order valence-corrected chi connectivity index (χ0v) is 17.1. The molecule has 2 aromatic carbocycles. The van der Waals surface area contributed by atoms with E-state index in [2.05, 4.69) is 16.0 Å². The Morgan fingerprint density at radius 2 is 1.74 bits per heavy atom. The van der Waals surface area contributed by atoms with Crippen LogP contribution in [-0.2, 0) is 4.74 Å². The fourth-order valence-electron chi connectivity index (χ4n) is 2.31. The molecule has 3 N–H and O–H groups in total. The van der Waals surface area contributed by atoms with Gasteiger partial charge in [0.05, 0.1) is 25.0 Å². The standard InChI is InChI=1S/C19H25N3O3.2ClH/c1-24-13-12-20-10-11-21-19(23)17-8-3-4-9-18(17)22-15-6-5-7-16(14-15)25-2;;/h3-9,14,20,22H,10-13H2,1-2H3,(H,21,23);2*1H. The molecular weight excluding hydrogens is 389 g/mol. The third kappa shape index (κ3) is 8.49. The molecule has 0 bridgehead atoms. The topological polar surface area (TPSA) is 71.6 Å². The molecular formula is C19H27Cl2N3O3. The second kappa shape index (κ2) is 14.1. The van der Waals surface area contributed by atoms with Crippen LogP contribution < -0.4 is 20.7 Å². The molecule has 0 aliphatic heterocycles. The van der Waals surface area contributed by atoms with E-state index >= 15 is 0 Å². The zero-order valence-electron chi connectivity index (χ0n) is 15.5. The molecule has 150 valence electrons. The van der Waals surface area contributed by atoms with E-state index in [4.69, 9.17) is 9.47 Å². The van der Waals surface area contributed by atoms with Crippen molar-refractivity contribution in [2.75, 3.05) is 45.8 Å². The summed E-state index contributed by atoms with van der Waals surface area (Å²) in [5.74, 6) is 0.647. The van der Waals surface area contributed by atoms with Gasteiger partial charge in [0.15, 0.2) is 0 Å². The van der Waals surface area contributed by atoms with Crippen LogP contribution in [0.1, 0.15) is 10.4 Å². The first-order chi connectivity index (χ1) is 12.2. The quantitative estimate of drug-likeness (QED) is 0.519. The van der Waals surface area contributed by atoms with Crippen LogP contribution >= 0.6 is 24.8 Å². The molecule has 2 rings (SSSR count). The van der Waals surface area contributed by atoms with E-state index in [0.717, 1.165) is 23.7 Å². The minimum atomic E-state index is -0.112. The Kier molecular flexibility index (Phi) is 13.1. The smallest absolute Gasteiger partial charge is 0.253 e. The molecule has 0 saturated carbocycles. The monoisotopic (exact) mass is 415 g/mol. The lowest BCUT2D eigenvalue weighted by Gasteiger charge is -2.13. The summed E-state index contributed by atoms with van der Waals surface area (Å²) >= 11 is 0. The summed E-state index contributed by atoms with van der Waals surface area (Å²) in [4.78, 5) is 12.4. The molecule has 8 heteroatoms. The van der Waals surface area contributed by atoms with E-state index in [-0.39, 0.29) is 30.7 Å². The molecule has 0 radical (unpaired) electrons. The lowest BCUT2D eigenvalue weighted by molar-refractivity contribution is 0.0954. The predicted molar refractivity (Wildman–Crippen MR) is 114 cm³/mol. The minimum absolute atomic E-state index is 0. The van der Waals surface area contributed by atoms with Crippen LogP contribution in [0.5, 0.6) is 5.75 Å². The SMILES string of the molecule is COCCNCCNC(=O)c1ccccc1Nc1cccc(OC)c1.Cl.Cl. The molecule has 0 saturated heterocycles. The van der Waals surface area contributed by atoms with E-state index in [1.54, 1.807) is 20.3 Å². The second-order valence-corrected chi connectivity index (χ2v) is 5.40. The van der Waals surface area contributed by atoms with Crippen molar-refractivity contribution in [2.45, 2.75) is 0 Å². The van der Waals surface area contributed by atoms with Crippen molar-refractivity contribution >= 4 is 42.1 Å². The number of para-hydroxylation sites is 1. The maximum atomic E-state index is 12.4. The highest BCUT2D eigenvalue weighted by Crippen LogP contribution is 2.23. The minimum Gasteiger partial charge on any atom is -0.497 e. The Bertz CT molecular complexity index is 687. The van der Waals surface area contributed by atoms with Gasteiger partial charge in [0, 0.05) is 38.5 Å². The van der Waals surface area contributed by atoms with Crippen molar-refractivity contribution in [3.05, 3.63) is 54.1 Å². The van der Waals surface area contributed by atoms with Gasteiger partial charge >= 0.3 is 0 Å². The maximum Gasteiger partial charge on any atom is 0.253 e. The van der Waals surface area contributed by atoms with Crippen LogP contribution in [0.15, 0.2) is 48.5 Å². The summed E-state index contributed by atoms with van der Waals surface area (Å²) in [6.45, 7) is 2.66. The number of hydrogen-bond donors (Lipinski definition) is 3. The lowest BCUT2D eigenvalue weighted by Crippen LogP contribution is -2.33. The van der Waals surface area contributed by atoms with Crippen LogP contribution in [0.3, 0.4) is 0 Å². The number of halogens is 2. The van der Waals surface area contributed by atoms with Gasteiger partial charge in [-0.3, -0.25) is 4.79 Å². The summed E-state index contributed by atoms with van der Waals surface area (Å²) in [6.07, 6.45) is 0. The van der Waals surface area contributed by atoms with E-state index in [0.29, 0.717) is 25.3 Å². The van der Waals surface area contributed by atoms with E-state index < -0.39 is 0 Å². The molecule has 0 aliphatic carbocycles. The number of carbonyl (C=O) groups is 1. The Balaban J connectivity index is 0.00000338. The molecule has 0 atom stereocenters. The number of carbonyl (C=O) groups excluding carboxylic acids is 1. The van der Waals surface area contributed by atoms with Gasteiger partial charge in [-0.25, -0.2) is 0 Å².